The van der Waals surface area contributed by atoms with Crippen LogP contribution in [0.4, 0.5) is 0 Å². The molecule has 4 rings (SSSR count). The largest absolute Gasteiger partial charge is 0.354 e. The quantitative estimate of drug-likeness (QED) is 0.415. The van der Waals surface area contributed by atoms with Gasteiger partial charge in [0.05, 0.1) is 19.3 Å². The molecule has 2 aromatic carbocycles. The molecule has 0 bridgehead atoms. The van der Waals surface area contributed by atoms with Crippen LogP contribution in [0.5, 0.6) is 0 Å². The Balaban J connectivity index is 1.51. The summed E-state index contributed by atoms with van der Waals surface area (Å²) in [6, 6.07) is 16.3. The summed E-state index contributed by atoms with van der Waals surface area (Å²) in [5.41, 5.74) is 5.58. The second-order valence-electron chi connectivity index (χ2n) is 8.51. The molecular weight excluding hydrogens is 430 g/mol. The van der Waals surface area contributed by atoms with Crippen LogP contribution in [0.15, 0.2) is 64.3 Å². The Morgan fingerprint density at radius 3 is 2.44 bits per heavy atom. The van der Waals surface area contributed by atoms with Crippen molar-refractivity contribution >= 4 is 0 Å². The summed E-state index contributed by atoms with van der Waals surface area (Å²) in [4.78, 5) is 27.6. The number of nitrogens with zero attached hydrogens (tertiary/aromatic N) is 4. The van der Waals surface area contributed by atoms with Crippen LogP contribution in [-0.2, 0) is 37.5 Å². The molecule has 0 saturated heterocycles. The molecule has 176 valence electrons. The number of rotatable bonds is 9. The first-order valence-electron chi connectivity index (χ1n) is 11.4. The van der Waals surface area contributed by atoms with E-state index in [2.05, 4.69) is 33.5 Å². The molecule has 2 heterocycles. The van der Waals surface area contributed by atoms with Crippen molar-refractivity contribution in [1.82, 2.24) is 24.5 Å². The molecule has 0 atom stereocenters. The lowest BCUT2D eigenvalue weighted by Gasteiger charge is -2.16. The molecular formula is C26H29N5O3. The van der Waals surface area contributed by atoms with Gasteiger partial charge in [-0.2, -0.15) is 0 Å². The molecule has 0 fully saturated rings. The van der Waals surface area contributed by atoms with Gasteiger partial charge in [0, 0.05) is 17.7 Å². The van der Waals surface area contributed by atoms with Gasteiger partial charge >= 0.3 is 5.69 Å². The van der Waals surface area contributed by atoms with E-state index in [0.717, 1.165) is 22.3 Å². The Bertz CT molecular complexity index is 1370. The van der Waals surface area contributed by atoms with Crippen LogP contribution in [0.3, 0.4) is 0 Å². The van der Waals surface area contributed by atoms with Gasteiger partial charge in [0.25, 0.3) is 5.56 Å². The lowest BCUT2D eigenvalue weighted by atomic mass is 10.0. The fourth-order valence-corrected chi connectivity index (χ4v) is 4.22. The highest BCUT2D eigenvalue weighted by molar-refractivity contribution is 5.33. The van der Waals surface area contributed by atoms with Crippen molar-refractivity contribution in [3.63, 3.8) is 0 Å². The van der Waals surface area contributed by atoms with Crippen molar-refractivity contribution in [3.05, 3.63) is 115 Å². The summed E-state index contributed by atoms with van der Waals surface area (Å²) in [7, 11) is 0. The Morgan fingerprint density at radius 2 is 1.74 bits per heavy atom. The molecule has 0 amide bonds. The molecule has 8 heteroatoms. The lowest BCUT2D eigenvalue weighted by molar-refractivity contribution is 0.0568. The Hall–Kier alpha value is -3.78. The highest BCUT2D eigenvalue weighted by Gasteiger charge is 2.15. The number of H-pyrrole nitrogens is 1. The van der Waals surface area contributed by atoms with Gasteiger partial charge in [-0.15, -0.1) is 5.10 Å². The van der Waals surface area contributed by atoms with Gasteiger partial charge < -0.3 is 4.74 Å². The molecule has 0 radical (unpaired) electrons. The average Bonchev–Trinajstić information content (AvgIpc) is 3.23. The molecule has 0 aliphatic carbocycles. The third-order valence-corrected chi connectivity index (χ3v) is 5.66. The first-order chi connectivity index (χ1) is 16.4. The Labute approximate surface area is 197 Å². The molecule has 34 heavy (non-hydrogen) atoms. The summed E-state index contributed by atoms with van der Waals surface area (Å²) in [6.07, 6.45) is 2.82. The Kier molecular flexibility index (Phi) is 7.18. The minimum atomic E-state index is -0.477. The average molecular weight is 460 g/mol. The summed E-state index contributed by atoms with van der Waals surface area (Å²) >= 11 is 0. The zero-order valence-corrected chi connectivity index (χ0v) is 19.7. The van der Waals surface area contributed by atoms with Crippen molar-refractivity contribution in [2.24, 2.45) is 0 Å². The van der Waals surface area contributed by atoms with Gasteiger partial charge in [0.1, 0.15) is 12.4 Å². The number of ether oxygens (including phenoxy) is 1. The Morgan fingerprint density at radius 1 is 1.00 bits per heavy atom. The number of hydrogen-bond acceptors (Lipinski definition) is 5. The van der Waals surface area contributed by atoms with E-state index in [9.17, 15) is 9.59 Å². The summed E-state index contributed by atoms with van der Waals surface area (Å²) in [5.74, 6) is 0. The fourth-order valence-electron chi connectivity index (χ4n) is 4.22. The van der Waals surface area contributed by atoms with Crippen LogP contribution < -0.4 is 11.2 Å². The standard InChI is InChI=1S/C26H29N5O3/c1-4-23-24(13-21-11-18(2)10-19(3)12-21)31(26(33)27-25(23)32)17-34-16-22-15-30(29-28-22)14-20-8-6-5-7-9-20/h5-12,15H,4,13-14,16-17H2,1-3H3,(H,27,32,33). The van der Waals surface area contributed by atoms with Gasteiger partial charge in [-0.1, -0.05) is 71.8 Å². The molecule has 0 spiro atoms. The SMILES string of the molecule is CCc1c(Cc2cc(C)cc(C)c2)n(COCc2cn(Cc3ccccc3)nn2)c(=O)[nH]c1=O. The van der Waals surface area contributed by atoms with Gasteiger partial charge in [-0.05, 0) is 31.4 Å². The normalized spacial score (nSPS) is 11.1. The van der Waals surface area contributed by atoms with E-state index in [1.807, 2.05) is 57.3 Å². The van der Waals surface area contributed by atoms with E-state index in [-0.39, 0.29) is 18.9 Å². The van der Waals surface area contributed by atoms with Crippen LogP contribution in [-0.4, -0.2) is 24.5 Å². The zero-order chi connectivity index (χ0) is 24.1. The molecule has 0 aliphatic heterocycles. The first kappa shape index (κ1) is 23.4. The maximum absolute atomic E-state index is 12.7. The second kappa shape index (κ2) is 10.4. The molecule has 0 aliphatic rings. The third-order valence-electron chi connectivity index (χ3n) is 5.66. The van der Waals surface area contributed by atoms with Gasteiger partial charge in [-0.3, -0.25) is 14.3 Å². The monoisotopic (exact) mass is 459 g/mol. The number of aromatic amines is 1. The predicted molar refractivity (Wildman–Crippen MR) is 130 cm³/mol. The zero-order valence-electron chi connectivity index (χ0n) is 19.7. The van der Waals surface area contributed by atoms with E-state index in [1.54, 1.807) is 4.68 Å². The van der Waals surface area contributed by atoms with Gasteiger partial charge in [0.2, 0.25) is 0 Å². The predicted octanol–water partition coefficient (Wildman–Crippen LogP) is 3.12. The van der Waals surface area contributed by atoms with E-state index in [0.29, 0.717) is 36.3 Å². The second-order valence-corrected chi connectivity index (χ2v) is 8.51. The van der Waals surface area contributed by atoms with Crippen LogP contribution in [0.2, 0.25) is 0 Å². The summed E-state index contributed by atoms with van der Waals surface area (Å²) < 4.78 is 9.10. The number of aryl methyl sites for hydroxylation is 2. The van der Waals surface area contributed by atoms with Crippen molar-refractivity contribution in [2.75, 3.05) is 0 Å². The summed E-state index contributed by atoms with van der Waals surface area (Å²) in [6.45, 7) is 6.81. The first-order valence-corrected chi connectivity index (χ1v) is 11.4. The highest BCUT2D eigenvalue weighted by atomic mass is 16.5. The van der Waals surface area contributed by atoms with Crippen molar-refractivity contribution in [3.8, 4) is 0 Å². The maximum Gasteiger partial charge on any atom is 0.330 e. The number of nitrogens with one attached hydrogen (secondary N) is 1. The van der Waals surface area contributed by atoms with Crippen LogP contribution in [0.1, 0.15) is 46.1 Å². The molecule has 0 unspecified atom stereocenters. The smallest absolute Gasteiger partial charge is 0.330 e. The van der Waals surface area contributed by atoms with E-state index >= 15 is 0 Å². The lowest BCUT2D eigenvalue weighted by Crippen LogP contribution is -2.36. The van der Waals surface area contributed by atoms with Crippen LogP contribution in [0, 0.1) is 13.8 Å². The molecule has 1 N–H and O–H groups in total. The van der Waals surface area contributed by atoms with E-state index in [1.165, 1.54) is 4.57 Å². The maximum atomic E-state index is 12.7. The number of aromatic nitrogens is 5. The molecule has 0 saturated carbocycles. The van der Waals surface area contributed by atoms with Gasteiger partial charge in [0.15, 0.2) is 0 Å². The van der Waals surface area contributed by atoms with Gasteiger partial charge in [-0.25, -0.2) is 9.48 Å². The van der Waals surface area contributed by atoms with Crippen molar-refractivity contribution in [1.29, 1.82) is 0 Å². The van der Waals surface area contributed by atoms with E-state index < -0.39 is 5.69 Å². The topological polar surface area (TPSA) is 94.8 Å². The minimum absolute atomic E-state index is 0.00822. The fraction of sp³-hybridized carbons (Fsp3) is 0.308. The van der Waals surface area contributed by atoms with Crippen LogP contribution in [0.25, 0.3) is 0 Å². The van der Waals surface area contributed by atoms with Crippen molar-refractivity contribution < 1.29 is 4.74 Å². The summed E-state index contributed by atoms with van der Waals surface area (Å²) in [5, 5.41) is 8.32. The third kappa shape index (κ3) is 5.58. The molecule has 8 nitrogen and oxygen atoms in total. The number of benzene rings is 2. The minimum Gasteiger partial charge on any atom is -0.354 e. The van der Waals surface area contributed by atoms with E-state index in [4.69, 9.17) is 4.74 Å². The molecule has 2 aromatic heterocycles. The van der Waals surface area contributed by atoms with Crippen molar-refractivity contribution in [2.45, 2.75) is 53.5 Å². The highest BCUT2D eigenvalue weighted by Crippen LogP contribution is 2.15. The van der Waals surface area contributed by atoms with Crippen LogP contribution >= 0.6 is 0 Å². The number of hydrogen-bond donors (Lipinski definition) is 1. The molecule has 4 aromatic rings.